The third-order valence-electron chi connectivity index (χ3n) is 2.81. The van der Waals surface area contributed by atoms with Gasteiger partial charge in [0.25, 0.3) is 5.91 Å². The molecule has 1 amide bonds. The van der Waals surface area contributed by atoms with E-state index in [-0.39, 0.29) is 5.75 Å². The van der Waals surface area contributed by atoms with E-state index in [1.165, 1.54) is 19.2 Å². The summed E-state index contributed by atoms with van der Waals surface area (Å²) in [6.07, 6.45) is 0.722. The normalized spacial score (nSPS) is 11.0. The van der Waals surface area contributed by atoms with Crippen LogP contribution in [0.15, 0.2) is 36.4 Å². The van der Waals surface area contributed by atoms with Gasteiger partial charge in [-0.05, 0) is 18.2 Å². The van der Waals surface area contributed by atoms with Crippen LogP contribution in [0.4, 0.5) is 8.78 Å². The van der Waals surface area contributed by atoms with Crippen LogP contribution in [0.1, 0.15) is 10.4 Å². The second kappa shape index (κ2) is 6.83. The molecule has 0 atom stereocenters. The number of rotatable bonds is 5. The third-order valence-corrected chi connectivity index (χ3v) is 3.37. The van der Waals surface area contributed by atoms with Gasteiger partial charge >= 0.3 is 0 Å². The minimum atomic E-state index is -3.90. The molecule has 0 aliphatic carbocycles. The van der Waals surface area contributed by atoms with Crippen LogP contribution in [0.25, 0.3) is 0 Å². The lowest BCUT2D eigenvalue weighted by Gasteiger charge is -2.10. The van der Waals surface area contributed by atoms with E-state index in [9.17, 15) is 22.0 Å². The van der Waals surface area contributed by atoms with Crippen LogP contribution in [-0.4, -0.2) is 27.7 Å². The Morgan fingerprint density at radius 3 is 2.38 bits per heavy atom. The van der Waals surface area contributed by atoms with Gasteiger partial charge in [-0.2, -0.15) is 0 Å². The fourth-order valence-electron chi connectivity index (χ4n) is 1.80. The van der Waals surface area contributed by atoms with Crippen molar-refractivity contribution in [3.63, 3.8) is 0 Å². The summed E-state index contributed by atoms with van der Waals surface area (Å²) in [6, 6.07) is 7.42. The molecule has 2 rings (SSSR count). The van der Waals surface area contributed by atoms with E-state index < -0.39 is 38.9 Å². The molecule has 0 fully saturated rings. The van der Waals surface area contributed by atoms with E-state index in [4.69, 9.17) is 9.47 Å². The maximum Gasteiger partial charge on any atom is 0.267 e. The van der Waals surface area contributed by atoms with Crippen LogP contribution in [0.3, 0.4) is 0 Å². The molecule has 0 radical (unpaired) electrons. The predicted octanol–water partition coefficient (Wildman–Crippen LogP) is 2.46. The SMILES string of the molecule is COc1cccc(Oc2cc(F)c(C(=O)NS(C)(=O)=O)cc2F)c1. The molecule has 24 heavy (non-hydrogen) atoms. The molecule has 0 saturated carbocycles. The van der Waals surface area contributed by atoms with Gasteiger partial charge in [0.15, 0.2) is 11.6 Å². The zero-order valence-corrected chi connectivity index (χ0v) is 13.5. The van der Waals surface area contributed by atoms with E-state index in [1.54, 1.807) is 16.9 Å². The average Bonchev–Trinajstić information content (AvgIpc) is 2.49. The molecular weight excluding hydrogens is 344 g/mol. The summed E-state index contributed by atoms with van der Waals surface area (Å²) in [5.74, 6) is -3.25. The zero-order valence-electron chi connectivity index (χ0n) is 12.7. The van der Waals surface area contributed by atoms with Gasteiger partial charge in [-0.3, -0.25) is 4.79 Å². The van der Waals surface area contributed by atoms with Crippen molar-refractivity contribution < 1.29 is 31.5 Å². The number of nitrogens with one attached hydrogen (secondary N) is 1. The summed E-state index contributed by atoms with van der Waals surface area (Å²) in [4.78, 5) is 11.6. The molecule has 0 aliphatic rings. The molecule has 6 nitrogen and oxygen atoms in total. The molecule has 0 bridgehead atoms. The molecule has 0 aromatic heterocycles. The van der Waals surface area contributed by atoms with Crippen molar-refractivity contribution in [3.05, 3.63) is 53.6 Å². The van der Waals surface area contributed by atoms with E-state index in [1.807, 2.05) is 0 Å². The Balaban J connectivity index is 2.31. The largest absolute Gasteiger partial charge is 0.497 e. The van der Waals surface area contributed by atoms with Gasteiger partial charge in [-0.25, -0.2) is 21.9 Å². The highest BCUT2D eigenvalue weighted by Gasteiger charge is 2.19. The third kappa shape index (κ3) is 4.42. The number of carbonyl (C=O) groups is 1. The number of hydrogen-bond donors (Lipinski definition) is 1. The highest BCUT2D eigenvalue weighted by Crippen LogP contribution is 2.29. The summed E-state index contributed by atoms with van der Waals surface area (Å²) in [5.41, 5.74) is -0.754. The van der Waals surface area contributed by atoms with Crippen molar-refractivity contribution in [1.29, 1.82) is 0 Å². The predicted molar refractivity (Wildman–Crippen MR) is 81.7 cm³/mol. The maximum atomic E-state index is 14.0. The van der Waals surface area contributed by atoms with Crippen LogP contribution in [0.2, 0.25) is 0 Å². The number of ether oxygens (including phenoxy) is 2. The lowest BCUT2D eigenvalue weighted by Crippen LogP contribution is -2.30. The Hall–Kier alpha value is -2.68. The van der Waals surface area contributed by atoms with E-state index in [0.29, 0.717) is 17.9 Å². The molecule has 0 saturated heterocycles. The minimum absolute atomic E-state index is 0.195. The average molecular weight is 357 g/mol. The molecule has 128 valence electrons. The smallest absolute Gasteiger partial charge is 0.267 e. The van der Waals surface area contributed by atoms with Crippen LogP contribution in [0.5, 0.6) is 17.2 Å². The Morgan fingerprint density at radius 1 is 1.08 bits per heavy atom. The monoisotopic (exact) mass is 357 g/mol. The summed E-state index contributed by atoms with van der Waals surface area (Å²) < 4.78 is 61.8. The van der Waals surface area contributed by atoms with Crippen LogP contribution < -0.4 is 14.2 Å². The highest BCUT2D eigenvalue weighted by molar-refractivity contribution is 7.89. The molecule has 9 heteroatoms. The van der Waals surface area contributed by atoms with Crippen molar-refractivity contribution in [1.82, 2.24) is 4.72 Å². The Bertz CT molecular complexity index is 883. The van der Waals surface area contributed by atoms with Gasteiger partial charge in [0.1, 0.15) is 17.3 Å². The number of sulfonamides is 1. The fraction of sp³-hybridized carbons (Fsp3) is 0.133. The van der Waals surface area contributed by atoms with Gasteiger partial charge in [-0.1, -0.05) is 6.07 Å². The first-order valence-electron chi connectivity index (χ1n) is 6.52. The van der Waals surface area contributed by atoms with E-state index in [2.05, 4.69) is 0 Å². The quantitative estimate of drug-likeness (QED) is 0.889. The number of carbonyl (C=O) groups excluding carboxylic acids is 1. The summed E-state index contributed by atoms with van der Waals surface area (Å²) >= 11 is 0. The topological polar surface area (TPSA) is 81.7 Å². The Labute approximate surface area is 137 Å². The number of amides is 1. The van der Waals surface area contributed by atoms with Crippen molar-refractivity contribution in [2.75, 3.05) is 13.4 Å². The molecular formula is C15H13F2NO5S. The zero-order chi connectivity index (χ0) is 17.9. The fourth-order valence-corrected chi connectivity index (χ4v) is 2.24. The minimum Gasteiger partial charge on any atom is -0.497 e. The van der Waals surface area contributed by atoms with Crippen molar-refractivity contribution in [3.8, 4) is 17.2 Å². The Morgan fingerprint density at radius 2 is 1.75 bits per heavy atom. The van der Waals surface area contributed by atoms with Gasteiger partial charge in [0.2, 0.25) is 10.0 Å². The van der Waals surface area contributed by atoms with Gasteiger partial charge < -0.3 is 9.47 Å². The van der Waals surface area contributed by atoms with Crippen molar-refractivity contribution in [2.45, 2.75) is 0 Å². The van der Waals surface area contributed by atoms with Crippen LogP contribution in [0, 0.1) is 11.6 Å². The number of methoxy groups -OCH3 is 1. The molecule has 0 heterocycles. The molecule has 0 aliphatic heterocycles. The van der Waals surface area contributed by atoms with E-state index >= 15 is 0 Å². The summed E-state index contributed by atoms with van der Waals surface area (Å²) in [5, 5.41) is 0. The lowest BCUT2D eigenvalue weighted by atomic mass is 10.2. The molecule has 2 aromatic carbocycles. The van der Waals surface area contributed by atoms with E-state index in [0.717, 1.165) is 6.26 Å². The number of hydrogen-bond acceptors (Lipinski definition) is 5. The first-order chi connectivity index (χ1) is 11.2. The summed E-state index contributed by atoms with van der Waals surface area (Å²) in [7, 11) is -2.46. The summed E-state index contributed by atoms with van der Waals surface area (Å²) in [6.45, 7) is 0. The molecule has 0 spiro atoms. The number of halogens is 2. The maximum absolute atomic E-state index is 14.0. The molecule has 1 N–H and O–H groups in total. The molecule has 0 unspecified atom stereocenters. The van der Waals surface area contributed by atoms with Gasteiger partial charge in [0.05, 0.1) is 18.9 Å². The first-order valence-corrected chi connectivity index (χ1v) is 8.42. The van der Waals surface area contributed by atoms with Gasteiger partial charge in [0, 0.05) is 12.1 Å². The Kier molecular flexibility index (Phi) is 5.03. The first kappa shape index (κ1) is 17.7. The standard InChI is InChI=1S/C15H13F2NO5S/c1-22-9-4-3-5-10(6-9)23-14-8-12(16)11(7-13(14)17)15(19)18-24(2,20)21/h3-8H,1-2H3,(H,18,19). The highest BCUT2D eigenvalue weighted by atomic mass is 32.2. The molecule has 2 aromatic rings. The van der Waals surface area contributed by atoms with Crippen molar-refractivity contribution in [2.24, 2.45) is 0 Å². The second-order valence-electron chi connectivity index (χ2n) is 4.75. The van der Waals surface area contributed by atoms with Crippen LogP contribution in [-0.2, 0) is 10.0 Å². The van der Waals surface area contributed by atoms with Crippen LogP contribution >= 0.6 is 0 Å². The van der Waals surface area contributed by atoms with Crippen molar-refractivity contribution >= 4 is 15.9 Å². The lowest BCUT2D eigenvalue weighted by molar-refractivity contribution is 0.0977. The number of benzene rings is 2. The second-order valence-corrected chi connectivity index (χ2v) is 6.50. The van der Waals surface area contributed by atoms with Gasteiger partial charge in [-0.15, -0.1) is 0 Å².